The number of halogens is 2. The zero-order chi connectivity index (χ0) is 19.3. The fraction of sp³-hybridized carbons (Fsp3) is 0.263. The molecule has 0 bridgehead atoms. The molecule has 4 N–H and O–H groups in total. The van der Waals surface area contributed by atoms with Crippen molar-refractivity contribution in [3.63, 3.8) is 0 Å². The summed E-state index contributed by atoms with van der Waals surface area (Å²) in [6.07, 6.45) is 1.70. The predicted molar refractivity (Wildman–Crippen MR) is 119 cm³/mol. The Morgan fingerprint density at radius 1 is 1.17 bits per heavy atom. The fourth-order valence-electron chi connectivity index (χ4n) is 3.02. The molecule has 0 saturated carbocycles. The summed E-state index contributed by atoms with van der Waals surface area (Å²) in [5, 5.41) is 9.84. The predicted octanol–water partition coefficient (Wildman–Crippen LogP) is 2.26. The van der Waals surface area contributed by atoms with Crippen molar-refractivity contribution in [2.24, 2.45) is 5.73 Å². The van der Waals surface area contributed by atoms with Crippen molar-refractivity contribution in [1.82, 2.24) is 20.2 Å². The third kappa shape index (κ3) is 5.25. The monoisotopic (exact) mass is 451 g/mol. The van der Waals surface area contributed by atoms with Crippen LogP contribution < -0.4 is 16.0 Å². The zero-order valence-electron chi connectivity index (χ0n) is 16.1. The number of carbonyl (C=O) groups is 1. The van der Waals surface area contributed by atoms with E-state index in [0.717, 1.165) is 5.56 Å². The Labute approximate surface area is 186 Å². The molecule has 1 aliphatic heterocycles. The summed E-state index contributed by atoms with van der Waals surface area (Å²) in [5.74, 6) is 1.67. The maximum absolute atomic E-state index is 12.8. The number of H-pyrrole nitrogens is 1. The number of hydrogen-bond donors (Lipinski definition) is 3. The van der Waals surface area contributed by atoms with Gasteiger partial charge in [0.15, 0.2) is 5.82 Å². The van der Waals surface area contributed by atoms with Crippen LogP contribution in [0.3, 0.4) is 0 Å². The number of aromatic nitrogens is 4. The molecule has 0 unspecified atom stereocenters. The molecule has 0 radical (unpaired) electrons. The largest absolute Gasteiger partial charge is 0.378 e. The number of nitrogens with one attached hydrogen (secondary N) is 2. The van der Waals surface area contributed by atoms with Gasteiger partial charge in [-0.15, -0.1) is 24.8 Å². The van der Waals surface area contributed by atoms with Crippen molar-refractivity contribution < 1.29 is 9.53 Å². The van der Waals surface area contributed by atoms with Gasteiger partial charge in [-0.25, -0.2) is 9.97 Å². The summed E-state index contributed by atoms with van der Waals surface area (Å²) in [6, 6.07) is 10.9. The van der Waals surface area contributed by atoms with Crippen LogP contribution in [0.1, 0.15) is 16.2 Å². The quantitative estimate of drug-likeness (QED) is 0.543. The number of benzene rings is 1. The van der Waals surface area contributed by atoms with Gasteiger partial charge in [-0.2, -0.15) is 5.10 Å². The van der Waals surface area contributed by atoms with Gasteiger partial charge in [0, 0.05) is 30.5 Å². The number of nitrogens with zero attached hydrogens (tertiary/aromatic N) is 4. The van der Waals surface area contributed by atoms with Gasteiger partial charge in [0.1, 0.15) is 11.6 Å². The number of anilines is 2. The third-order valence-electron chi connectivity index (χ3n) is 4.47. The van der Waals surface area contributed by atoms with Gasteiger partial charge in [0.05, 0.1) is 25.3 Å². The molecule has 1 saturated heterocycles. The third-order valence-corrected chi connectivity index (χ3v) is 4.47. The summed E-state index contributed by atoms with van der Waals surface area (Å²) in [6.45, 7) is 3.00. The van der Waals surface area contributed by atoms with Gasteiger partial charge in [-0.3, -0.25) is 9.89 Å². The second kappa shape index (κ2) is 10.9. The minimum Gasteiger partial charge on any atom is -0.378 e. The van der Waals surface area contributed by atoms with E-state index in [1.54, 1.807) is 18.3 Å². The normalized spacial score (nSPS) is 13.2. The lowest BCUT2D eigenvalue weighted by molar-refractivity contribution is 0.102. The summed E-state index contributed by atoms with van der Waals surface area (Å²) >= 11 is 0. The van der Waals surface area contributed by atoms with E-state index < -0.39 is 0 Å². The first-order valence-corrected chi connectivity index (χ1v) is 9.05. The molecule has 1 aliphatic rings. The van der Waals surface area contributed by atoms with Crippen molar-refractivity contribution in [2.75, 3.05) is 36.5 Å². The van der Waals surface area contributed by atoms with E-state index in [9.17, 15) is 4.79 Å². The second-order valence-electron chi connectivity index (χ2n) is 6.32. The highest BCUT2D eigenvalue weighted by atomic mass is 35.5. The number of rotatable bonds is 5. The molecule has 1 fully saturated rings. The highest BCUT2D eigenvalue weighted by Crippen LogP contribution is 2.22. The number of amides is 1. The molecule has 0 aliphatic carbocycles. The van der Waals surface area contributed by atoms with Crippen LogP contribution in [-0.2, 0) is 11.3 Å². The van der Waals surface area contributed by atoms with E-state index in [0.29, 0.717) is 61.6 Å². The second-order valence-corrected chi connectivity index (χ2v) is 6.32. The Bertz CT molecular complexity index is 960. The molecule has 9 nitrogen and oxygen atoms in total. The number of aromatic amines is 1. The number of carbonyl (C=O) groups excluding carboxylic acids is 1. The van der Waals surface area contributed by atoms with Gasteiger partial charge in [-0.1, -0.05) is 0 Å². The van der Waals surface area contributed by atoms with Crippen LogP contribution in [0.25, 0.3) is 11.4 Å². The Hall–Kier alpha value is -2.72. The molecule has 11 heteroatoms. The van der Waals surface area contributed by atoms with Crippen molar-refractivity contribution in [2.45, 2.75) is 6.54 Å². The highest BCUT2D eigenvalue weighted by molar-refractivity contribution is 6.07. The number of nitrogens with two attached hydrogens (primary N) is 1. The molecule has 1 amide bonds. The first kappa shape index (κ1) is 23.6. The molecule has 1 aromatic carbocycles. The average Bonchev–Trinajstić information content (AvgIpc) is 3.24. The van der Waals surface area contributed by atoms with Crippen LogP contribution in [0.4, 0.5) is 11.5 Å². The Morgan fingerprint density at radius 3 is 2.57 bits per heavy atom. The number of morpholine rings is 1. The van der Waals surface area contributed by atoms with Crippen LogP contribution in [0.5, 0.6) is 0 Å². The van der Waals surface area contributed by atoms with E-state index in [2.05, 4.69) is 30.4 Å². The van der Waals surface area contributed by atoms with Gasteiger partial charge in [0.25, 0.3) is 5.91 Å². The van der Waals surface area contributed by atoms with Gasteiger partial charge < -0.3 is 20.7 Å². The fourth-order valence-corrected chi connectivity index (χ4v) is 3.02. The molecular formula is C19H23Cl2N7O2. The van der Waals surface area contributed by atoms with Gasteiger partial charge in [0.2, 0.25) is 0 Å². The Balaban J connectivity index is 0.00000160. The number of hydrogen-bond acceptors (Lipinski definition) is 7. The highest BCUT2D eigenvalue weighted by Gasteiger charge is 2.20. The molecule has 3 aromatic rings. The van der Waals surface area contributed by atoms with Crippen molar-refractivity contribution in [1.29, 1.82) is 0 Å². The van der Waals surface area contributed by atoms with Crippen LogP contribution in [-0.4, -0.2) is 52.4 Å². The van der Waals surface area contributed by atoms with Crippen LogP contribution in [0.15, 0.2) is 42.6 Å². The van der Waals surface area contributed by atoms with E-state index in [1.165, 1.54) is 0 Å². The van der Waals surface area contributed by atoms with Crippen LogP contribution in [0, 0.1) is 0 Å². The summed E-state index contributed by atoms with van der Waals surface area (Å²) in [4.78, 5) is 23.6. The van der Waals surface area contributed by atoms with Crippen molar-refractivity contribution >= 4 is 42.2 Å². The van der Waals surface area contributed by atoms with E-state index in [4.69, 9.17) is 10.5 Å². The van der Waals surface area contributed by atoms with E-state index >= 15 is 0 Å². The zero-order valence-corrected chi connectivity index (χ0v) is 17.7. The SMILES string of the molecule is Cl.Cl.NCc1nc(-c2ccc(NC(=O)c3cccnc3N3CCOCC3)cc2)n[nH]1. The maximum Gasteiger partial charge on any atom is 0.259 e. The lowest BCUT2D eigenvalue weighted by Crippen LogP contribution is -2.38. The molecular weight excluding hydrogens is 429 g/mol. The molecule has 3 heterocycles. The van der Waals surface area contributed by atoms with E-state index in [1.807, 2.05) is 24.3 Å². The van der Waals surface area contributed by atoms with Gasteiger partial charge >= 0.3 is 0 Å². The topological polar surface area (TPSA) is 122 Å². The molecule has 0 atom stereocenters. The first-order chi connectivity index (χ1) is 13.7. The Morgan fingerprint density at radius 2 is 1.90 bits per heavy atom. The molecule has 30 heavy (non-hydrogen) atoms. The van der Waals surface area contributed by atoms with Crippen LogP contribution >= 0.6 is 24.8 Å². The van der Waals surface area contributed by atoms with Crippen LogP contribution in [0.2, 0.25) is 0 Å². The minimum atomic E-state index is -0.203. The lowest BCUT2D eigenvalue weighted by Gasteiger charge is -2.29. The number of pyridine rings is 1. The Kier molecular flexibility index (Phi) is 8.55. The molecule has 0 spiro atoms. The summed E-state index contributed by atoms with van der Waals surface area (Å²) in [5.41, 5.74) is 7.60. The lowest BCUT2D eigenvalue weighted by atomic mass is 10.1. The van der Waals surface area contributed by atoms with Gasteiger partial charge in [-0.05, 0) is 36.4 Å². The molecule has 2 aromatic heterocycles. The smallest absolute Gasteiger partial charge is 0.259 e. The minimum absolute atomic E-state index is 0. The average molecular weight is 452 g/mol. The standard InChI is InChI=1S/C19H21N7O2.2ClH/c20-12-16-23-17(25-24-16)13-3-5-14(6-4-13)22-19(27)15-2-1-7-21-18(15)26-8-10-28-11-9-26;;/h1-7H,8-12,20H2,(H,22,27)(H,23,24,25);2*1H. The van der Waals surface area contributed by atoms with Crippen molar-refractivity contribution in [3.8, 4) is 11.4 Å². The summed E-state index contributed by atoms with van der Waals surface area (Å²) < 4.78 is 5.38. The first-order valence-electron chi connectivity index (χ1n) is 9.05. The molecule has 160 valence electrons. The van der Waals surface area contributed by atoms with E-state index in [-0.39, 0.29) is 30.7 Å². The summed E-state index contributed by atoms with van der Waals surface area (Å²) in [7, 11) is 0. The number of ether oxygens (including phenoxy) is 1. The van der Waals surface area contributed by atoms with Crippen molar-refractivity contribution in [3.05, 3.63) is 54.0 Å². The maximum atomic E-state index is 12.8. The molecule has 4 rings (SSSR count).